The summed E-state index contributed by atoms with van der Waals surface area (Å²) >= 11 is 0. The molecule has 20 heavy (non-hydrogen) atoms. The summed E-state index contributed by atoms with van der Waals surface area (Å²) in [4.78, 5) is 11.8. The van der Waals surface area contributed by atoms with Crippen LogP contribution in [0.15, 0.2) is 24.4 Å². The van der Waals surface area contributed by atoms with Gasteiger partial charge in [-0.05, 0) is 43.5 Å². The number of rotatable bonds is 5. The maximum absolute atomic E-state index is 11.8. The Kier molecular flexibility index (Phi) is 4.40. The number of amides is 1. The Labute approximate surface area is 118 Å². The molecular formula is C15H19N3O2. The smallest absolute Gasteiger partial charge is 0.263 e. The van der Waals surface area contributed by atoms with E-state index < -0.39 is 0 Å². The van der Waals surface area contributed by atoms with Crippen molar-refractivity contribution in [2.45, 2.75) is 27.2 Å². The Bertz CT molecular complexity index is 585. The van der Waals surface area contributed by atoms with Gasteiger partial charge in [0, 0.05) is 5.56 Å². The van der Waals surface area contributed by atoms with Gasteiger partial charge < -0.3 is 10.1 Å². The normalized spacial score (nSPS) is 10.3. The van der Waals surface area contributed by atoms with Gasteiger partial charge in [0.05, 0.1) is 6.20 Å². The summed E-state index contributed by atoms with van der Waals surface area (Å²) in [5, 5.41) is 9.43. The molecule has 2 N–H and O–H groups in total. The number of aromatic amines is 1. The number of hydrogen-bond donors (Lipinski definition) is 2. The number of nitrogens with zero attached hydrogens (tertiary/aromatic N) is 1. The Morgan fingerprint density at radius 1 is 1.30 bits per heavy atom. The average Bonchev–Trinajstić information content (AvgIpc) is 2.82. The van der Waals surface area contributed by atoms with Gasteiger partial charge >= 0.3 is 0 Å². The molecule has 0 atom stereocenters. The number of carbonyl (C=O) groups excluding carboxylic acids is 1. The predicted molar refractivity (Wildman–Crippen MR) is 78.0 cm³/mol. The van der Waals surface area contributed by atoms with Crippen molar-refractivity contribution in [3.63, 3.8) is 0 Å². The zero-order chi connectivity index (χ0) is 14.5. The highest BCUT2D eigenvalue weighted by atomic mass is 16.5. The molecule has 0 unspecified atom stereocenters. The van der Waals surface area contributed by atoms with Crippen LogP contribution in [0.5, 0.6) is 5.75 Å². The minimum atomic E-state index is -0.205. The van der Waals surface area contributed by atoms with Crippen LogP contribution in [0.3, 0.4) is 0 Å². The molecule has 0 spiro atoms. The largest absolute Gasteiger partial charge is 0.484 e. The van der Waals surface area contributed by atoms with Crippen molar-refractivity contribution in [1.29, 1.82) is 0 Å². The highest BCUT2D eigenvalue weighted by Gasteiger charge is 2.08. The number of nitrogens with one attached hydrogen (secondary N) is 2. The lowest BCUT2D eigenvalue weighted by Gasteiger charge is -2.08. The van der Waals surface area contributed by atoms with Gasteiger partial charge in [-0.15, -0.1) is 0 Å². The quantitative estimate of drug-likeness (QED) is 0.880. The molecule has 1 aromatic heterocycles. The Morgan fingerprint density at radius 2 is 2.00 bits per heavy atom. The van der Waals surface area contributed by atoms with Crippen molar-refractivity contribution >= 4 is 11.7 Å². The fourth-order valence-electron chi connectivity index (χ4n) is 2.03. The molecule has 0 aliphatic carbocycles. The van der Waals surface area contributed by atoms with Gasteiger partial charge in [-0.1, -0.05) is 13.0 Å². The Morgan fingerprint density at radius 3 is 2.65 bits per heavy atom. The SMILES string of the molecule is CCc1cn[nH]c1NC(=O)COc1cc(C)cc(C)c1. The molecule has 2 aromatic rings. The molecule has 0 fully saturated rings. The van der Waals surface area contributed by atoms with Gasteiger partial charge in [0.1, 0.15) is 11.6 Å². The molecule has 1 aromatic carbocycles. The number of aromatic nitrogens is 2. The van der Waals surface area contributed by atoms with Crippen LogP contribution < -0.4 is 10.1 Å². The van der Waals surface area contributed by atoms with Gasteiger partial charge in [0.15, 0.2) is 6.61 Å². The summed E-state index contributed by atoms with van der Waals surface area (Å²) in [6.07, 6.45) is 2.52. The molecule has 0 bridgehead atoms. The highest BCUT2D eigenvalue weighted by Crippen LogP contribution is 2.16. The molecule has 5 heteroatoms. The molecule has 1 heterocycles. The van der Waals surface area contributed by atoms with E-state index in [1.165, 1.54) is 0 Å². The molecule has 0 aliphatic rings. The van der Waals surface area contributed by atoms with Crippen LogP contribution in [0.1, 0.15) is 23.6 Å². The fourth-order valence-corrected chi connectivity index (χ4v) is 2.03. The van der Waals surface area contributed by atoms with E-state index in [1.807, 2.05) is 32.9 Å². The van der Waals surface area contributed by atoms with Gasteiger partial charge in [-0.3, -0.25) is 9.89 Å². The van der Waals surface area contributed by atoms with Crippen LogP contribution >= 0.6 is 0 Å². The number of carbonyl (C=O) groups is 1. The van der Waals surface area contributed by atoms with E-state index in [4.69, 9.17) is 4.74 Å². The third-order valence-corrected chi connectivity index (χ3v) is 2.93. The summed E-state index contributed by atoms with van der Waals surface area (Å²) < 4.78 is 5.51. The number of ether oxygens (including phenoxy) is 1. The average molecular weight is 273 g/mol. The van der Waals surface area contributed by atoms with Crippen molar-refractivity contribution in [1.82, 2.24) is 10.2 Å². The number of hydrogen-bond acceptors (Lipinski definition) is 3. The van der Waals surface area contributed by atoms with Crippen molar-refractivity contribution in [2.24, 2.45) is 0 Å². The minimum Gasteiger partial charge on any atom is -0.484 e. The van der Waals surface area contributed by atoms with E-state index in [2.05, 4.69) is 21.6 Å². The summed E-state index contributed by atoms with van der Waals surface area (Å²) in [7, 11) is 0. The van der Waals surface area contributed by atoms with Crippen LogP contribution in [0.2, 0.25) is 0 Å². The summed E-state index contributed by atoms with van der Waals surface area (Å²) in [6, 6.07) is 5.88. The zero-order valence-corrected chi connectivity index (χ0v) is 12.0. The van der Waals surface area contributed by atoms with E-state index in [9.17, 15) is 4.79 Å². The summed E-state index contributed by atoms with van der Waals surface area (Å²) in [6.45, 7) is 5.98. The van der Waals surface area contributed by atoms with Gasteiger partial charge in [-0.2, -0.15) is 5.10 Å². The van der Waals surface area contributed by atoms with E-state index in [-0.39, 0.29) is 12.5 Å². The first-order chi connectivity index (χ1) is 9.58. The van der Waals surface area contributed by atoms with Crippen LogP contribution in [0.25, 0.3) is 0 Å². The monoisotopic (exact) mass is 273 g/mol. The standard InChI is InChI=1S/C15H19N3O2/c1-4-12-8-16-18-15(12)17-14(19)9-20-13-6-10(2)5-11(3)7-13/h5-8H,4,9H2,1-3H3,(H2,16,17,18,19). The maximum Gasteiger partial charge on any atom is 0.263 e. The van der Waals surface area contributed by atoms with Gasteiger partial charge in [0.2, 0.25) is 0 Å². The summed E-state index contributed by atoms with van der Waals surface area (Å²) in [5.41, 5.74) is 3.20. The molecule has 0 aliphatic heterocycles. The molecule has 0 radical (unpaired) electrons. The number of benzene rings is 1. The first-order valence-corrected chi connectivity index (χ1v) is 6.61. The molecule has 2 rings (SSSR count). The molecule has 106 valence electrons. The van der Waals surface area contributed by atoms with E-state index in [0.29, 0.717) is 11.6 Å². The second-order valence-corrected chi connectivity index (χ2v) is 4.78. The third kappa shape index (κ3) is 3.60. The first kappa shape index (κ1) is 14.1. The number of anilines is 1. The molecule has 0 saturated carbocycles. The van der Waals surface area contributed by atoms with Crippen molar-refractivity contribution in [3.8, 4) is 5.75 Å². The van der Waals surface area contributed by atoms with Crippen molar-refractivity contribution in [2.75, 3.05) is 11.9 Å². The third-order valence-electron chi connectivity index (χ3n) is 2.93. The first-order valence-electron chi connectivity index (χ1n) is 6.61. The lowest BCUT2D eigenvalue weighted by Crippen LogP contribution is -2.21. The van der Waals surface area contributed by atoms with Crippen LogP contribution in [0, 0.1) is 13.8 Å². The highest BCUT2D eigenvalue weighted by molar-refractivity contribution is 5.91. The fraction of sp³-hybridized carbons (Fsp3) is 0.333. The Hall–Kier alpha value is -2.30. The molecule has 5 nitrogen and oxygen atoms in total. The van der Waals surface area contributed by atoms with E-state index >= 15 is 0 Å². The summed E-state index contributed by atoms with van der Waals surface area (Å²) in [5.74, 6) is 1.14. The second kappa shape index (κ2) is 6.23. The topological polar surface area (TPSA) is 67.0 Å². The second-order valence-electron chi connectivity index (χ2n) is 4.78. The van der Waals surface area contributed by atoms with Crippen molar-refractivity contribution in [3.05, 3.63) is 41.1 Å². The zero-order valence-electron chi connectivity index (χ0n) is 12.0. The van der Waals surface area contributed by atoms with E-state index in [1.54, 1.807) is 6.20 Å². The number of H-pyrrole nitrogens is 1. The van der Waals surface area contributed by atoms with Crippen LogP contribution in [0.4, 0.5) is 5.82 Å². The molecule has 1 amide bonds. The maximum atomic E-state index is 11.8. The number of aryl methyl sites for hydroxylation is 3. The van der Waals surface area contributed by atoms with Gasteiger partial charge in [0.25, 0.3) is 5.91 Å². The molecular weight excluding hydrogens is 254 g/mol. The van der Waals surface area contributed by atoms with Crippen LogP contribution in [-0.4, -0.2) is 22.7 Å². The predicted octanol–water partition coefficient (Wildman–Crippen LogP) is 2.61. The van der Waals surface area contributed by atoms with Gasteiger partial charge in [-0.25, -0.2) is 0 Å². The van der Waals surface area contributed by atoms with E-state index in [0.717, 1.165) is 23.1 Å². The Balaban J connectivity index is 1.92. The lowest BCUT2D eigenvalue weighted by molar-refractivity contribution is -0.118. The lowest BCUT2D eigenvalue weighted by atomic mass is 10.1. The molecule has 0 saturated heterocycles. The van der Waals surface area contributed by atoms with Crippen LogP contribution in [-0.2, 0) is 11.2 Å². The minimum absolute atomic E-state index is 0.0228. The van der Waals surface area contributed by atoms with Crippen molar-refractivity contribution < 1.29 is 9.53 Å².